The summed E-state index contributed by atoms with van der Waals surface area (Å²) in [5.74, 6) is -0.574. The van der Waals surface area contributed by atoms with Gasteiger partial charge >= 0.3 is 0 Å². The first-order chi connectivity index (χ1) is 15.8. The van der Waals surface area contributed by atoms with Crippen molar-refractivity contribution in [1.29, 1.82) is 0 Å². The van der Waals surface area contributed by atoms with E-state index < -0.39 is 16.0 Å². The van der Waals surface area contributed by atoms with Crippen LogP contribution in [-0.2, 0) is 10.1 Å². The molecule has 0 atom stereocenters. The lowest BCUT2D eigenvalue weighted by atomic mass is 9.96. The molecule has 33 heavy (non-hydrogen) atoms. The number of carbonyl (C=O) groups excluding carboxylic acids is 1. The number of nitrogens with two attached hydrogens (primary N) is 1. The van der Waals surface area contributed by atoms with Gasteiger partial charge < -0.3 is 5.73 Å². The predicted octanol–water partition coefficient (Wildman–Crippen LogP) is 3.76. The second kappa shape index (κ2) is 7.89. The highest BCUT2D eigenvalue weighted by molar-refractivity contribution is 7.85. The van der Waals surface area contributed by atoms with Crippen LogP contribution in [0.2, 0.25) is 0 Å². The maximum Gasteiger partial charge on any atom is 0.294 e. The van der Waals surface area contributed by atoms with Crippen LogP contribution in [0.4, 0.5) is 0 Å². The zero-order chi connectivity index (χ0) is 23.2. The van der Waals surface area contributed by atoms with Crippen LogP contribution in [0.3, 0.4) is 0 Å². The third-order valence-corrected chi connectivity index (χ3v) is 6.99. The van der Waals surface area contributed by atoms with Crippen molar-refractivity contribution in [2.24, 2.45) is 5.73 Å². The summed E-state index contributed by atoms with van der Waals surface area (Å²) in [6, 6.07) is 12.9. The third-order valence-electron chi connectivity index (χ3n) is 5.09. The first-order valence-corrected chi connectivity index (χ1v) is 11.8. The van der Waals surface area contributed by atoms with Gasteiger partial charge in [-0.3, -0.25) is 19.4 Å². The summed E-state index contributed by atoms with van der Waals surface area (Å²) in [6.45, 7) is 0. The Morgan fingerprint density at radius 3 is 2.52 bits per heavy atom. The standard InChI is InChI=1S/C22H15N5O4S2/c23-21(28)13-1-3-15(22-26-18-4-2-14(33(29,30)31)10-19(18)32-22)16(9-13)20-17(11-25-27-20)12-5-7-24-8-6-12/h1-11H,(H2,23,28)(H,25,27)(H,29,30,31). The molecular formula is C22H15N5O4S2. The summed E-state index contributed by atoms with van der Waals surface area (Å²) in [6.07, 6.45) is 5.03. The third kappa shape index (κ3) is 3.89. The molecule has 9 nitrogen and oxygen atoms in total. The van der Waals surface area contributed by atoms with E-state index in [-0.39, 0.29) is 4.90 Å². The lowest BCUT2D eigenvalue weighted by Crippen LogP contribution is -2.11. The Morgan fingerprint density at radius 1 is 1.00 bits per heavy atom. The molecule has 3 aromatic heterocycles. The van der Waals surface area contributed by atoms with Gasteiger partial charge in [0.05, 0.1) is 27.0 Å². The molecule has 0 spiro atoms. The van der Waals surface area contributed by atoms with Crippen molar-refractivity contribution in [2.75, 3.05) is 0 Å². The number of rotatable bonds is 5. The molecule has 11 heteroatoms. The van der Waals surface area contributed by atoms with E-state index in [4.69, 9.17) is 5.73 Å². The predicted molar refractivity (Wildman–Crippen MR) is 124 cm³/mol. The van der Waals surface area contributed by atoms with Crippen LogP contribution in [0.25, 0.3) is 43.2 Å². The molecule has 0 radical (unpaired) electrons. The minimum Gasteiger partial charge on any atom is -0.366 e. The summed E-state index contributed by atoms with van der Waals surface area (Å²) in [4.78, 5) is 20.4. The van der Waals surface area contributed by atoms with Crippen LogP contribution in [-0.4, -0.2) is 39.0 Å². The molecule has 2 aromatic carbocycles. The van der Waals surface area contributed by atoms with E-state index >= 15 is 0 Å². The molecule has 164 valence electrons. The molecule has 0 unspecified atom stereocenters. The molecule has 0 aliphatic heterocycles. The lowest BCUT2D eigenvalue weighted by Gasteiger charge is -2.10. The molecule has 1 amide bonds. The number of nitrogens with one attached hydrogen (secondary N) is 1. The summed E-state index contributed by atoms with van der Waals surface area (Å²) >= 11 is 1.26. The fourth-order valence-corrected chi connectivity index (χ4v) is 5.14. The number of hydrogen-bond acceptors (Lipinski definition) is 7. The number of benzene rings is 2. The number of aromatic nitrogens is 4. The zero-order valence-electron chi connectivity index (χ0n) is 16.8. The van der Waals surface area contributed by atoms with Crippen LogP contribution >= 0.6 is 11.3 Å². The number of H-pyrrole nitrogens is 1. The van der Waals surface area contributed by atoms with Crippen LogP contribution in [0, 0.1) is 0 Å². The fourth-order valence-electron chi connectivity index (χ4n) is 3.51. The van der Waals surface area contributed by atoms with Gasteiger partial charge in [-0.2, -0.15) is 13.5 Å². The molecule has 0 aliphatic rings. The smallest absolute Gasteiger partial charge is 0.294 e. The molecule has 5 rings (SSSR count). The summed E-state index contributed by atoms with van der Waals surface area (Å²) in [5, 5.41) is 7.79. The number of thiazole rings is 1. The van der Waals surface area contributed by atoms with E-state index in [1.165, 1.54) is 29.5 Å². The molecule has 5 aromatic rings. The molecule has 3 heterocycles. The van der Waals surface area contributed by atoms with Crippen molar-refractivity contribution in [3.63, 3.8) is 0 Å². The number of nitrogens with zero attached hydrogens (tertiary/aromatic N) is 3. The number of amides is 1. The van der Waals surface area contributed by atoms with Gasteiger partial charge in [-0.1, -0.05) is 6.07 Å². The van der Waals surface area contributed by atoms with Crippen LogP contribution in [0.15, 0.2) is 72.0 Å². The van der Waals surface area contributed by atoms with E-state index in [0.717, 1.165) is 11.1 Å². The van der Waals surface area contributed by atoms with Gasteiger partial charge in [0.1, 0.15) is 5.01 Å². The van der Waals surface area contributed by atoms with Crippen molar-refractivity contribution in [3.05, 3.63) is 72.7 Å². The number of pyridine rings is 1. The highest BCUT2D eigenvalue weighted by Crippen LogP contribution is 2.40. The van der Waals surface area contributed by atoms with E-state index in [0.29, 0.717) is 37.6 Å². The van der Waals surface area contributed by atoms with Crippen molar-refractivity contribution in [2.45, 2.75) is 4.90 Å². The molecule has 0 bridgehead atoms. The first-order valence-electron chi connectivity index (χ1n) is 9.58. The summed E-state index contributed by atoms with van der Waals surface area (Å²) in [5.41, 5.74) is 10.1. The molecule has 0 saturated heterocycles. The van der Waals surface area contributed by atoms with Crippen molar-refractivity contribution in [3.8, 4) is 33.0 Å². The Hall–Kier alpha value is -3.93. The average molecular weight is 478 g/mol. The van der Waals surface area contributed by atoms with Gasteiger partial charge in [0.2, 0.25) is 5.91 Å². The van der Waals surface area contributed by atoms with Crippen molar-refractivity contribution < 1.29 is 17.8 Å². The van der Waals surface area contributed by atoms with E-state index in [9.17, 15) is 17.8 Å². The topological polar surface area (TPSA) is 152 Å². The minimum absolute atomic E-state index is 0.206. The maximum atomic E-state index is 11.9. The quantitative estimate of drug-likeness (QED) is 0.326. The summed E-state index contributed by atoms with van der Waals surface area (Å²) in [7, 11) is -4.34. The minimum atomic E-state index is -4.34. The van der Waals surface area contributed by atoms with E-state index in [1.54, 1.807) is 36.8 Å². The molecular weight excluding hydrogens is 462 g/mol. The second-order valence-corrected chi connectivity index (χ2v) is 9.59. The second-order valence-electron chi connectivity index (χ2n) is 7.14. The zero-order valence-corrected chi connectivity index (χ0v) is 18.4. The Morgan fingerprint density at radius 2 is 1.79 bits per heavy atom. The maximum absolute atomic E-state index is 11.9. The summed E-state index contributed by atoms with van der Waals surface area (Å²) < 4.78 is 33.0. The fraction of sp³-hybridized carbons (Fsp3) is 0. The highest BCUT2D eigenvalue weighted by Gasteiger charge is 2.20. The lowest BCUT2D eigenvalue weighted by molar-refractivity contribution is 0.100. The van der Waals surface area contributed by atoms with Crippen molar-refractivity contribution >= 4 is 37.6 Å². The SMILES string of the molecule is NC(=O)c1ccc(-c2nc3ccc(S(=O)(=O)O)cc3s2)c(-c2[nH]ncc2-c2ccncc2)c1. The number of aromatic amines is 1. The van der Waals surface area contributed by atoms with Crippen LogP contribution in [0.5, 0.6) is 0 Å². The normalized spacial score (nSPS) is 11.7. The average Bonchev–Trinajstić information content (AvgIpc) is 3.45. The Bertz CT molecular complexity index is 1630. The Balaban J connectivity index is 1.72. The highest BCUT2D eigenvalue weighted by atomic mass is 32.2. The van der Waals surface area contributed by atoms with E-state index in [2.05, 4.69) is 20.2 Å². The van der Waals surface area contributed by atoms with Gasteiger partial charge in [-0.15, -0.1) is 11.3 Å². The number of carbonyl (C=O) groups is 1. The number of fused-ring (bicyclic) bond motifs is 1. The molecule has 0 saturated carbocycles. The monoisotopic (exact) mass is 477 g/mol. The van der Waals surface area contributed by atoms with Gasteiger partial charge in [0, 0.05) is 34.6 Å². The van der Waals surface area contributed by atoms with Gasteiger partial charge in [0.15, 0.2) is 0 Å². The number of hydrogen-bond donors (Lipinski definition) is 3. The molecule has 0 fully saturated rings. The molecule has 0 aliphatic carbocycles. The Kier molecular flexibility index (Phi) is 5.01. The van der Waals surface area contributed by atoms with Crippen LogP contribution < -0.4 is 5.73 Å². The van der Waals surface area contributed by atoms with Gasteiger partial charge in [0.25, 0.3) is 10.1 Å². The largest absolute Gasteiger partial charge is 0.366 e. The Labute approximate surface area is 191 Å². The van der Waals surface area contributed by atoms with Gasteiger partial charge in [-0.25, -0.2) is 4.98 Å². The van der Waals surface area contributed by atoms with Crippen molar-refractivity contribution in [1.82, 2.24) is 20.2 Å². The van der Waals surface area contributed by atoms with Crippen LogP contribution in [0.1, 0.15) is 10.4 Å². The molecule has 4 N–H and O–H groups in total. The first kappa shape index (κ1) is 20.9. The van der Waals surface area contributed by atoms with Gasteiger partial charge in [-0.05, 0) is 48.0 Å². The number of primary amides is 1. The van der Waals surface area contributed by atoms with E-state index in [1.807, 2.05) is 12.1 Å².